The summed E-state index contributed by atoms with van der Waals surface area (Å²) in [6.45, 7) is 4.08. The molecule has 1 unspecified atom stereocenters. The van der Waals surface area contributed by atoms with Gasteiger partial charge in [-0.15, -0.1) is 0 Å². The van der Waals surface area contributed by atoms with Crippen LogP contribution in [0, 0.1) is 24.2 Å². The van der Waals surface area contributed by atoms with E-state index in [2.05, 4.69) is 27.2 Å². The molecule has 42 heavy (non-hydrogen) atoms. The number of piperidine rings is 1. The van der Waals surface area contributed by atoms with Crippen LogP contribution >= 0.6 is 0 Å². The minimum absolute atomic E-state index is 0.0692. The molecule has 1 N–H and O–H groups in total. The number of unbranched alkanes of at least 4 members (excludes halogenated alkanes) is 2. The highest BCUT2D eigenvalue weighted by atomic mass is 16.5. The van der Waals surface area contributed by atoms with Gasteiger partial charge < -0.3 is 19.4 Å². The van der Waals surface area contributed by atoms with E-state index >= 15 is 0 Å². The van der Waals surface area contributed by atoms with E-state index in [-0.39, 0.29) is 23.3 Å². The Bertz CT molecular complexity index is 1440. The van der Waals surface area contributed by atoms with Crippen molar-refractivity contribution < 1.29 is 18.7 Å². The quantitative estimate of drug-likeness (QED) is 0.236. The number of carbonyl (C=O) groups is 2. The molecule has 1 aliphatic heterocycles. The molecule has 2 atom stereocenters. The number of fused-ring (bicyclic) bond motifs is 1. The van der Waals surface area contributed by atoms with Crippen LogP contribution in [-0.4, -0.2) is 53.8 Å². The maximum atomic E-state index is 13.5. The molecule has 6 rings (SSSR count). The second kappa shape index (κ2) is 12.2. The number of ketones is 1. The average Bonchev–Trinajstić information content (AvgIpc) is 3.88. The number of nitrogens with zero attached hydrogens (tertiary/aromatic N) is 3. The number of hydrogen-bond acceptors (Lipinski definition) is 7. The maximum Gasteiger partial charge on any atom is 0.224 e. The number of hydrogen-bond donors (Lipinski definition) is 1. The third-order valence-corrected chi connectivity index (χ3v) is 9.70. The van der Waals surface area contributed by atoms with Crippen LogP contribution in [0.4, 0.5) is 0 Å². The number of ether oxygens (including phenoxy) is 1. The average molecular weight is 573 g/mol. The first kappa shape index (κ1) is 28.8. The molecule has 8 nitrogen and oxygen atoms in total. The number of rotatable bonds is 13. The first-order valence-corrected chi connectivity index (χ1v) is 15.8. The van der Waals surface area contributed by atoms with E-state index in [1.54, 1.807) is 13.3 Å². The van der Waals surface area contributed by atoms with Crippen LogP contribution in [0.1, 0.15) is 88.3 Å². The number of carbonyl (C=O) groups excluding carboxylic acids is 2. The number of nitrogens with one attached hydrogen (secondary N) is 1. The summed E-state index contributed by atoms with van der Waals surface area (Å²) >= 11 is 0. The highest BCUT2D eigenvalue weighted by Gasteiger charge is 2.58. The van der Waals surface area contributed by atoms with Crippen LogP contribution in [0.25, 0.3) is 22.2 Å². The summed E-state index contributed by atoms with van der Waals surface area (Å²) < 4.78 is 12.1. The van der Waals surface area contributed by atoms with E-state index in [1.165, 1.54) is 12.8 Å². The molecule has 8 heteroatoms. The van der Waals surface area contributed by atoms with E-state index in [4.69, 9.17) is 9.15 Å². The van der Waals surface area contributed by atoms with Crippen molar-refractivity contribution in [3.05, 3.63) is 42.0 Å². The molecule has 224 valence electrons. The van der Waals surface area contributed by atoms with Gasteiger partial charge in [-0.25, -0.2) is 4.98 Å². The highest BCUT2D eigenvalue weighted by molar-refractivity contribution is 5.87. The Morgan fingerprint density at radius 3 is 2.74 bits per heavy atom. The Morgan fingerprint density at radius 1 is 1.17 bits per heavy atom. The van der Waals surface area contributed by atoms with Gasteiger partial charge in [0.1, 0.15) is 17.6 Å². The number of benzene rings is 1. The molecule has 3 aliphatic rings. The molecule has 2 aromatic heterocycles. The zero-order chi connectivity index (χ0) is 29.3. The molecule has 1 amide bonds. The van der Waals surface area contributed by atoms with Gasteiger partial charge in [0.15, 0.2) is 5.76 Å². The van der Waals surface area contributed by atoms with Gasteiger partial charge in [-0.3, -0.25) is 14.6 Å². The Morgan fingerprint density at radius 2 is 1.98 bits per heavy atom. The van der Waals surface area contributed by atoms with Gasteiger partial charge in [-0.2, -0.15) is 0 Å². The summed E-state index contributed by atoms with van der Waals surface area (Å²) in [5.41, 5.74) is 2.78. The fourth-order valence-corrected chi connectivity index (χ4v) is 6.65. The largest absolute Gasteiger partial charge is 0.496 e. The van der Waals surface area contributed by atoms with Gasteiger partial charge in [0, 0.05) is 35.9 Å². The summed E-state index contributed by atoms with van der Waals surface area (Å²) in [4.78, 5) is 37.4. The smallest absolute Gasteiger partial charge is 0.224 e. The molecule has 3 aromatic rings. The third-order valence-electron chi connectivity index (χ3n) is 9.70. The summed E-state index contributed by atoms with van der Waals surface area (Å²) in [5, 5.41) is 4.32. The summed E-state index contributed by atoms with van der Waals surface area (Å²) in [5.74, 6) is 3.02. The van der Waals surface area contributed by atoms with Crippen LogP contribution in [0.3, 0.4) is 0 Å². The molecule has 1 aromatic carbocycles. The lowest BCUT2D eigenvalue weighted by atomic mass is 9.91. The molecule has 3 fully saturated rings. The van der Waals surface area contributed by atoms with Crippen molar-refractivity contribution in [1.82, 2.24) is 20.2 Å². The Labute approximate surface area is 248 Å². The molecule has 1 spiro atoms. The van der Waals surface area contributed by atoms with Gasteiger partial charge in [0.05, 0.1) is 24.4 Å². The van der Waals surface area contributed by atoms with E-state index in [9.17, 15) is 9.59 Å². The van der Waals surface area contributed by atoms with Gasteiger partial charge in [0.25, 0.3) is 0 Å². The van der Waals surface area contributed by atoms with Crippen LogP contribution in [0.5, 0.6) is 5.75 Å². The molecular weight excluding hydrogens is 528 g/mol. The number of likely N-dealkylation sites (tertiary alicyclic amines) is 1. The van der Waals surface area contributed by atoms with Crippen molar-refractivity contribution >= 4 is 22.6 Å². The lowest BCUT2D eigenvalue weighted by Crippen LogP contribution is -2.36. The second-order valence-electron chi connectivity index (χ2n) is 13.0. The van der Waals surface area contributed by atoms with Crippen LogP contribution < -0.4 is 10.1 Å². The zero-order valence-corrected chi connectivity index (χ0v) is 25.3. The number of aromatic nitrogens is 2. The standard InChI is InChI=1S/C34H44N4O4/c1-22-9-12-24-18-26(30(41-3)19-29(24)36-22)31-21-35-33(42-31)28(8-6-4-5-7-25(39)17-23-10-11-23)37-32(40)27-20-34(27)13-15-38(2)16-14-34/h9,12,18-19,21,23,27-28H,4-8,10-11,13-17,20H2,1-3H3,(H,37,40)/t27?,28-/m0/s1. The van der Waals surface area contributed by atoms with E-state index in [0.717, 1.165) is 86.6 Å². The fraction of sp³-hybridized carbons (Fsp3) is 0.588. The van der Waals surface area contributed by atoms with Crippen molar-refractivity contribution in [1.29, 1.82) is 0 Å². The van der Waals surface area contributed by atoms with Crippen LogP contribution in [0.15, 0.2) is 34.9 Å². The van der Waals surface area contributed by atoms with E-state index < -0.39 is 0 Å². The van der Waals surface area contributed by atoms with Crippen molar-refractivity contribution in [3.8, 4) is 17.1 Å². The molecule has 0 radical (unpaired) electrons. The normalized spacial score (nSPS) is 20.5. The number of pyridine rings is 1. The second-order valence-corrected chi connectivity index (χ2v) is 13.0. The Kier molecular flexibility index (Phi) is 8.35. The zero-order valence-electron chi connectivity index (χ0n) is 25.3. The van der Waals surface area contributed by atoms with E-state index in [1.807, 2.05) is 31.2 Å². The number of Topliss-reactive ketones (excluding diaryl/α,β-unsaturated/α-hetero) is 1. The Hall–Kier alpha value is -3.26. The monoisotopic (exact) mass is 572 g/mol. The Balaban J connectivity index is 1.16. The summed E-state index contributed by atoms with van der Waals surface area (Å²) in [7, 11) is 3.80. The first-order chi connectivity index (χ1) is 20.3. The molecular formula is C34H44N4O4. The lowest BCUT2D eigenvalue weighted by Gasteiger charge is -2.30. The predicted molar refractivity (Wildman–Crippen MR) is 162 cm³/mol. The number of oxazole rings is 1. The van der Waals surface area contributed by atoms with Crippen LogP contribution in [0.2, 0.25) is 0 Å². The van der Waals surface area contributed by atoms with Crippen molar-refractivity contribution in [2.45, 2.75) is 83.6 Å². The molecule has 1 saturated heterocycles. The highest BCUT2D eigenvalue weighted by Crippen LogP contribution is 2.59. The predicted octanol–water partition coefficient (Wildman–Crippen LogP) is 6.42. The number of methoxy groups -OCH3 is 1. The first-order valence-electron chi connectivity index (χ1n) is 15.8. The summed E-state index contributed by atoms with van der Waals surface area (Å²) in [6, 6.07) is 7.67. The molecule has 3 heterocycles. The number of aryl methyl sites for hydroxylation is 1. The van der Waals surface area contributed by atoms with Gasteiger partial charge in [0.2, 0.25) is 11.8 Å². The van der Waals surface area contributed by atoms with Crippen molar-refractivity contribution in [3.63, 3.8) is 0 Å². The van der Waals surface area contributed by atoms with Gasteiger partial charge in [-0.05, 0) is 95.5 Å². The minimum atomic E-state index is -0.312. The van der Waals surface area contributed by atoms with Gasteiger partial charge >= 0.3 is 0 Å². The topological polar surface area (TPSA) is 97.6 Å². The SMILES string of the molecule is COc1cc2nc(C)ccc2cc1-c1cnc([C@H](CCCCCC(=O)CC2CC2)NC(=O)C2CC23CCN(C)CC3)o1. The maximum absolute atomic E-state index is 13.5. The lowest BCUT2D eigenvalue weighted by molar-refractivity contribution is -0.124. The molecule has 2 saturated carbocycles. The van der Waals surface area contributed by atoms with E-state index in [0.29, 0.717) is 35.5 Å². The number of amides is 1. The minimum Gasteiger partial charge on any atom is -0.496 e. The third kappa shape index (κ3) is 6.54. The molecule has 2 aliphatic carbocycles. The van der Waals surface area contributed by atoms with Crippen molar-refractivity contribution in [2.75, 3.05) is 27.2 Å². The summed E-state index contributed by atoms with van der Waals surface area (Å²) in [6.07, 6.45) is 12.2. The van der Waals surface area contributed by atoms with Crippen molar-refractivity contribution in [2.24, 2.45) is 17.3 Å². The molecule has 0 bridgehead atoms. The van der Waals surface area contributed by atoms with Gasteiger partial charge in [-0.1, -0.05) is 18.9 Å². The van der Waals surface area contributed by atoms with Crippen LogP contribution in [-0.2, 0) is 9.59 Å². The fourth-order valence-electron chi connectivity index (χ4n) is 6.65.